The number of carbonyl (C=O) groups is 2. The van der Waals surface area contributed by atoms with Crippen molar-refractivity contribution in [2.75, 3.05) is 0 Å². The Morgan fingerprint density at radius 3 is 2.47 bits per heavy atom. The summed E-state index contributed by atoms with van der Waals surface area (Å²) >= 11 is 5.86. The van der Waals surface area contributed by atoms with Gasteiger partial charge < -0.3 is 4.42 Å². The molecule has 7 nitrogen and oxygen atoms in total. The molecule has 0 unspecified atom stereocenters. The molecule has 0 atom stereocenters. The minimum Gasteiger partial charge on any atom is -0.451 e. The van der Waals surface area contributed by atoms with Gasteiger partial charge in [-0.1, -0.05) is 35.9 Å². The van der Waals surface area contributed by atoms with E-state index in [-0.39, 0.29) is 16.5 Å². The van der Waals surface area contributed by atoms with Gasteiger partial charge in [-0.05, 0) is 31.2 Å². The van der Waals surface area contributed by atoms with Crippen LogP contribution >= 0.6 is 11.6 Å². The molecule has 11 heteroatoms. The first-order valence-corrected chi connectivity index (χ1v) is 9.54. The minimum atomic E-state index is -4.91. The van der Waals surface area contributed by atoms with E-state index in [9.17, 15) is 22.8 Å². The number of aryl methyl sites for hydroxylation is 1. The Labute approximate surface area is 183 Å². The second kappa shape index (κ2) is 8.04. The lowest BCUT2D eigenvalue weighted by Crippen LogP contribution is -2.42. The molecule has 4 aromatic rings. The molecule has 2 N–H and O–H groups in total. The number of hydrogen-bond acceptors (Lipinski definition) is 4. The normalized spacial score (nSPS) is 11.5. The number of carbonyl (C=O) groups excluding carboxylic acids is 2. The first-order valence-electron chi connectivity index (χ1n) is 9.17. The summed E-state index contributed by atoms with van der Waals surface area (Å²) in [7, 11) is 0. The van der Waals surface area contributed by atoms with Gasteiger partial charge in [0, 0.05) is 16.0 Å². The number of nitrogens with one attached hydrogen (secondary N) is 2. The monoisotopic (exact) mass is 462 g/mol. The van der Waals surface area contributed by atoms with Gasteiger partial charge >= 0.3 is 12.1 Å². The SMILES string of the molecule is Cc1c(C(=O)NNC(=O)c2cnn(-c3cccc(Cl)c3)c2C(F)(F)F)oc2ccccc12. The smallest absolute Gasteiger partial charge is 0.434 e. The Kier molecular flexibility index (Phi) is 5.39. The lowest BCUT2D eigenvalue weighted by Gasteiger charge is -2.13. The molecule has 2 aromatic heterocycles. The Hall–Kier alpha value is -3.79. The average Bonchev–Trinajstić information content (AvgIpc) is 3.34. The first kappa shape index (κ1) is 21.4. The highest BCUT2D eigenvalue weighted by Gasteiger charge is 2.40. The highest BCUT2D eigenvalue weighted by Crippen LogP contribution is 2.34. The molecule has 0 spiro atoms. The Morgan fingerprint density at radius 2 is 1.78 bits per heavy atom. The molecule has 0 radical (unpaired) electrons. The molecule has 0 fully saturated rings. The van der Waals surface area contributed by atoms with Crippen LogP contribution in [-0.2, 0) is 6.18 Å². The summed E-state index contributed by atoms with van der Waals surface area (Å²) in [4.78, 5) is 24.9. The van der Waals surface area contributed by atoms with Crippen molar-refractivity contribution in [1.29, 1.82) is 0 Å². The van der Waals surface area contributed by atoms with Crippen molar-refractivity contribution >= 4 is 34.4 Å². The largest absolute Gasteiger partial charge is 0.451 e. The van der Waals surface area contributed by atoms with E-state index < -0.39 is 29.2 Å². The molecule has 4 rings (SSSR count). The number of benzene rings is 2. The zero-order chi connectivity index (χ0) is 23.0. The maximum atomic E-state index is 13.7. The van der Waals surface area contributed by atoms with Gasteiger partial charge in [0.05, 0.1) is 17.4 Å². The predicted molar refractivity (Wildman–Crippen MR) is 109 cm³/mol. The zero-order valence-electron chi connectivity index (χ0n) is 16.3. The van der Waals surface area contributed by atoms with Gasteiger partial charge in [-0.15, -0.1) is 0 Å². The Bertz CT molecular complexity index is 1340. The van der Waals surface area contributed by atoms with Gasteiger partial charge in [0.2, 0.25) is 0 Å². The number of halogens is 4. The van der Waals surface area contributed by atoms with E-state index in [0.717, 1.165) is 6.20 Å². The maximum Gasteiger partial charge on any atom is 0.434 e. The molecule has 2 aromatic carbocycles. The maximum absolute atomic E-state index is 13.7. The molecular weight excluding hydrogens is 449 g/mol. The first-order chi connectivity index (χ1) is 15.2. The molecule has 2 amide bonds. The van der Waals surface area contributed by atoms with Gasteiger partial charge in [-0.3, -0.25) is 20.4 Å². The van der Waals surface area contributed by atoms with E-state index in [2.05, 4.69) is 10.5 Å². The van der Waals surface area contributed by atoms with Crippen LogP contribution < -0.4 is 10.9 Å². The summed E-state index contributed by atoms with van der Waals surface area (Å²) < 4.78 is 47.3. The van der Waals surface area contributed by atoms with Crippen molar-refractivity contribution in [2.45, 2.75) is 13.1 Å². The minimum absolute atomic E-state index is 0.0193. The van der Waals surface area contributed by atoms with Gasteiger partial charge in [0.25, 0.3) is 5.91 Å². The fourth-order valence-electron chi connectivity index (χ4n) is 3.22. The highest BCUT2D eigenvalue weighted by molar-refractivity contribution is 6.30. The molecule has 2 heterocycles. The van der Waals surface area contributed by atoms with E-state index in [1.165, 1.54) is 24.3 Å². The summed E-state index contributed by atoms with van der Waals surface area (Å²) in [5, 5.41) is 4.59. The molecule has 32 heavy (non-hydrogen) atoms. The van der Waals surface area contributed by atoms with Crippen LogP contribution in [0.3, 0.4) is 0 Å². The summed E-state index contributed by atoms with van der Waals surface area (Å²) in [6.45, 7) is 1.65. The number of amides is 2. The molecule has 0 aliphatic heterocycles. The molecule has 0 saturated heterocycles. The van der Waals surface area contributed by atoms with Gasteiger partial charge in [0.15, 0.2) is 11.5 Å². The highest BCUT2D eigenvalue weighted by atomic mass is 35.5. The van der Waals surface area contributed by atoms with Gasteiger partial charge in [-0.25, -0.2) is 4.68 Å². The molecule has 0 bridgehead atoms. The van der Waals surface area contributed by atoms with Crippen LogP contribution in [0.4, 0.5) is 13.2 Å². The number of furan rings is 1. The van der Waals surface area contributed by atoms with Crippen LogP contribution in [-0.4, -0.2) is 21.6 Å². The lowest BCUT2D eigenvalue weighted by molar-refractivity contribution is -0.143. The summed E-state index contributed by atoms with van der Waals surface area (Å²) in [6, 6.07) is 12.5. The van der Waals surface area contributed by atoms with Crippen LogP contribution in [0.15, 0.2) is 59.1 Å². The third kappa shape index (κ3) is 3.92. The molecule has 0 saturated carbocycles. The van der Waals surface area contributed by atoms with E-state index in [4.69, 9.17) is 16.0 Å². The quantitative estimate of drug-likeness (QED) is 0.433. The summed E-state index contributed by atoms with van der Waals surface area (Å²) in [6.07, 6.45) is -4.15. The number of nitrogens with zero attached hydrogens (tertiary/aromatic N) is 2. The Balaban J connectivity index is 1.59. The second-order valence-corrected chi connectivity index (χ2v) is 7.19. The fraction of sp³-hybridized carbons (Fsp3) is 0.0952. The van der Waals surface area contributed by atoms with Crippen LogP contribution in [0, 0.1) is 6.92 Å². The summed E-state index contributed by atoms with van der Waals surface area (Å²) in [5.74, 6) is -2.09. The van der Waals surface area contributed by atoms with Crippen LogP contribution in [0.25, 0.3) is 16.7 Å². The molecule has 164 valence electrons. The predicted octanol–water partition coefficient (Wildman–Crippen LogP) is 4.67. The van der Waals surface area contributed by atoms with E-state index in [1.807, 2.05) is 5.43 Å². The summed E-state index contributed by atoms with van der Waals surface area (Å²) in [5.41, 5.74) is 2.97. The van der Waals surface area contributed by atoms with Crippen LogP contribution in [0.2, 0.25) is 5.02 Å². The van der Waals surface area contributed by atoms with E-state index >= 15 is 0 Å². The molecule has 0 aliphatic rings. The van der Waals surface area contributed by atoms with Gasteiger partial charge in [0.1, 0.15) is 5.58 Å². The number of hydrazine groups is 1. The zero-order valence-corrected chi connectivity index (χ0v) is 17.1. The van der Waals surface area contributed by atoms with Crippen molar-refractivity contribution < 1.29 is 27.2 Å². The van der Waals surface area contributed by atoms with Crippen LogP contribution in [0.1, 0.15) is 32.2 Å². The number of aromatic nitrogens is 2. The lowest BCUT2D eigenvalue weighted by atomic mass is 10.1. The standard InChI is InChI=1S/C21H14ClF3N4O3/c1-11-14-7-2-3-8-16(14)32-17(11)20(31)28-27-19(30)15-10-26-29(18(15)21(23,24)25)13-6-4-5-12(22)9-13/h2-10H,1H3,(H,27,30)(H,28,31). The molecular formula is C21H14ClF3N4O3. The fourth-order valence-corrected chi connectivity index (χ4v) is 3.40. The van der Waals surface area contributed by atoms with Crippen molar-refractivity contribution in [3.05, 3.63) is 82.3 Å². The third-order valence-electron chi connectivity index (χ3n) is 4.67. The number of hydrogen-bond donors (Lipinski definition) is 2. The number of rotatable bonds is 3. The van der Waals surface area contributed by atoms with Crippen molar-refractivity contribution in [2.24, 2.45) is 0 Å². The number of fused-ring (bicyclic) bond motifs is 1. The third-order valence-corrected chi connectivity index (χ3v) is 4.91. The van der Waals surface area contributed by atoms with Gasteiger partial charge in [-0.2, -0.15) is 18.3 Å². The number of alkyl halides is 3. The van der Waals surface area contributed by atoms with Crippen molar-refractivity contribution in [1.82, 2.24) is 20.6 Å². The van der Waals surface area contributed by atoms with E-state index in [1.54, 1.807) is 31.2 Å². The molecule has 0 aliphatic carbocycles. The average molecular weight is 463 g/mol. The number of para-hydroxylation sites is 1. The van der Waals surface area contributed by atoms with Crippen molar-refractivity contribution in [3.8, 4) is 5.69 Å². The Morgan fingerprint density at radius 1 is 1.06 bits per heavy atom. The van der Waals surface area contributed by atoms with Crippen molar-refractivity contribution in [3.63, 3.8) is 0 Å². The van der Waals surface area contributed by atoms with E-state index in [0.29, 0.717) is 21.2 Å². The topological polar surface area (TPSA) is 89.2 Å². The van der Waals surface area contributed by atoms with Crippen LogP contribution in [0.5, 0.6) is 0 Å². The second-order valence-electron chi connectivity index (χ2n) is 6.76.